The first-order valence-electron chi connectivity index (χ1n) is 4.12. The van der Waals surface area contributed by atoms with Gasteiger partial charge in [-0.05, 0) is 18.6 Å². The van der Waals surface area contributed by atoms with Crippen LogP contribution in [-0.2, 0) is 6.42 Å². The van der Waals surface area contributed by atoms with Crippen LogP contribution in [0.15, 0.2) is 22.7 Å². The Balaban J connectivity index is 2.16. The molecule has 0 fully saturated rings. The van der Waals surface area contributed by atoms with Crippen LogP contribution in [0.2, 0.25) is 4.34 Å². The molecule has 1 N–H and O–H groups in total. The van der Waals surface area contributed by atoms with E-state index in [2.05, 4.69) is 5.32 Å². The molecule has 0 aliphatic carbocycles. The highest BCUT2D eigenvalue weighted by Gasteiger charge is 1.97. The molecule has 14 heavy (non-hydrogen) atoms. The van der Waals surface area contributed by atoms with E-state index in [4.69, 9.17) is 34.8 Å². The van der Waals surface area contributed by atoms with E-state index in [9.17, 15) is 0 Å². The van der Waals surface area contributed by atoms with E-state index in [0.29, 0.717) is 11.6 Å². The number of rotatable bonds is 5. The Morgan fingerprint density at radius 2 is 2.29 bits per heavy atom. The van der Waals surface area contributed by atoms with Gasteiger partial charge in [-0.25, -0.2) is 0 Å². The van der Waals surface area contributed by atoms with Gasteiger partial charge in [-0.2, -0.15) is 0 Å². The van der Waals surface area contributed by atoms with Gasteiger partial charge in [-0.3, -0.25) is 0 Å². The lowest BCUT2D eigenvalue weighted by Gasteiger charge is -2.01. The summed E-state index contributed by atoms with van der Waals surface area (Å²) in [5.41, 5.74) is 1.37. The highest BCUT2D eigenvalue weighted by molar-refractivity contribution is 7.16. The van der Waals surface area contributed by atoms with Gasteiger partial charge >= 0.3 is 0 Å². The number of hydrogen-bond donors (Lipinski definition) is 1. The van der Waals surface area contributed by atoms with Gasteiger partial charge in [0.15, 0.2) is 0 Å². The second-order valence-electron chi connectivity index (χ2n) is 2.69. The van der Waals surface area contributed by atoms with Crippen LogP contribution < -0.4 is 5.32 Å². The molecule has 1 rings (SSSR count). The van der Waals surface area contributed by atoms with E-state index in [1.807, 2.05) is 12.1 Å². The fourth-order valence-corrected chi connectivity index (χ4v) is 2.20. The molecule has 0 aliphatic rings. The summed E-state index contributed by atoms with van der Waals surface area (Å²) in [6.45, 7) is 1.49. The van der Waals surface area contributed by atoms with Crippen LogP contribution in [0.4, 0.5) is 0 Å². The van der Waals surface area contributed by atoms with Crippen molar-refractivity contribution in [3.8, 4) is 0 Å². The molecule has 0 saturated carbocycles. The fraction of sp³-hybridized carbons (Fsp3) is 0.333. The molecule has 0 atom stereocenters. The molecule has 0 unspecified atom stereocenters. The summed E-state index contributed by atoms with van der Waals surface area (Å²) in [5.74, 6) is 0. The molecular weight excluding hydrogens is 261 g/mol. The summed E-state index contributed by atoms with van der Waals surface area (Å²) in [6.07, 6.45) is 0.962. The lowest BCUT2D eigenvalue weighted by atomic mass is 10.3. The molecule has 1 aromatic heterocycles. The minimum Gasteiger partial charge on any atom is -0.311 e. The zero-order chi connectivity index (χ0) is 10.4. The van der Waals surface area contributed by atoms with E-state index in [-0.39, 0.29) is 0 Å². The fourth-order valence-electron chi connectivity index (χ4n) is 0.944. The molecule has 5 heteroatoms. The largest absolute Gasteiger partial charge is 0.311 e. The predicted octanol–water partition coefficient (Wildman–Crippen LogP) is 3.85. The van der Waals surface area contributed by atoms with Crippen molar-refractivity contribution in [2.45, 2.75) is 6.42 Å². The molecule has 0 amide bonds. The van der Waals surface area contributed by atoms with Gasteiger partial charge in [-0.1, -0.05) is 34.8 Å². The summed E-state index contributed by atoms with van der Waals surface area (Å²) < 4.78 is 0.832. The first-order valence-corrected chi connectivity index (χ1v) is 6.13. The number of halogens is 3. The van der Waals surface area contributed by atoms with Crippen molar-refractivity contribution in [1.82, 2.24) is 5.32 Å². The maximum atomic E-state index is 5.80. The molecular formula is C9H10Cl3NS. The second kappa shape index (κ2) is 6.70. The molecule has 0 radical (unpaired) electrons. The molecule has 1 aromatic rings. The van der Waals surface area contributed by atoms with Crippen molar-refractivity contribution in [3.05, 3.63) is 31.9 Å². The van der Waals surface area contributed by atoms with E-state index in [0.717, 1.165) is 17.3 Å². The Hall–Kier alpha value is 0.270. The monoisotopic (exact) mass is 269 g/mol. The third-order valence-corrected chi connectivity index (χ3v) is 3.50. The van der Waals surface area contributed by atoms with Crippen LogP contribution in [-0.4, -0.2) is 13.1 Å². The Labute approximate surface area is 103 Å². The van der Waals surface area contributed by atoms with Gasteiger partial charge in [0, 0.05) is 28.5 Å². The minimum absolute atomic E-state index is 0.615. The van der Waals surface area contributed by atoms with Crippen LogP contribution in [0.3, 0.4) is 0 Å². The van der Waals surface area contributed by atoms with E-state index in [1.165, 1.54) is 10.4 Å². The van der Waals surface area contributed by atoms with Crippen molar-refractivity contribution in [2.75, 3.05) is 13.1 Å². The number of thiophene rings is 1. The highest BCUT2D eigenvalue weighted by Crippen LogP contribution is 2.21. The van der Waals surface area contributed by atoms with Crippen LogP contribution in [0.1, 0.15) is 4.88 Å². The molecule has 0 spiro atoms. The van der Waals surface area contributed by atoms with Gasteiger partial charge in [0.2, 0.25) is 0 Å². The summed E-state index contributed by atoms with van der Waals surface area (Å²) in [6, 6.07) is 3.95. The first-order chi connectivity index (χ1) is 6.72. The highest BCUT2D eigenvalue weighted by atomic mass is 35.5. The van der Waals surface area contributed by atoms with E-state index >= 15 is 0 Å². The Morgan fingerprint density at radius 1 is 1.50 bits per heavy atom. The SMILES string of the molecule is Cl/C=C(/Cl)CNCCc1ccc(Cl)s1. The minimum atomic E-state index is 0.615. The average Bonchev–Trinajstić information content (AvgIpc) is 2.58. The van der Waals surface area contributed by atoms with Gasteiger partial charge in [-0.15, -0.1) is 11.3 Å². The van der Waals surface area contributed by atoms with Crippen molar-refractivity contribution >= 4 is 46.1 Å². The van der Waals surface area contributed by atoms with Crippen molar-refractivity contribution in [1.29, 1.82) is 0 Å². The first kappa shape index (κ1) is 12.3. The Morgan fingerprint density at radius 3 is 2.86 bits per heavy atom. The maximum Gasteiger partial charge on any atom is 0.0931 e. The molecule has 0 aromatic carbocycles. The lowest BCUT2D eigenvalue weighted by Crippen LogP contribution is -2.18. The molecule has 0 aliphatic heterocycles. The van der Waals surface area contributed by atoms with Crippen LogP contribution in [0.5, 0.6) is 0 Å². The second-order valence-corrected chi connectivity index (χ2v) is 5.19. The molecule has 0 saturated heterocycles. The van der Waals surface area contributed by atoms with Gasteiger partial charge in [0.1, 0.15) is 0 Å². The molecule has 1 nitrogen and oxygen atoms in total. The number of hydrogen-bond acceptors (Lipinski definition) is 2. The summed E-state index contributed by atoms with van der Waals surface area (Å²) in [4.78, 5) is 1.27. The van der Waals surface area contributed by atoms with Gasteiger partial charge < -0.3 is 5.32 Å². The van der Waals surface area contributed by atoms with Crippen molar-refractivity contribution in [3.63, 3.8) is 0 Å². The topological polar surface area (TPSA) is 12.0 Å². The quantitative estimate of drug-likeness (QED) is 0.801. The summed E-state index contributed by atoms with van der Waals surface area (Å²) in [7, 11) is 0. The van der Waals surface area contributed by atoms with E-state index in [1.54, 1.807) is 11.3 Å². The zero-order valence-electron chi connectivity index (χ0n) is 7.40. The van der Waals surface area contributed by atoms with Gasteiger partial charge in [0.05, 0.1) is 4.34 Å². The van der Waals surface area contributed by atoms with Crippen LogP contribution in [0.25, 0.3) is 0 Å². The predicted molar refractivity (Wildman–Crippen MR) is 65.7 cm³/mol. The molecule has 1 heterocycles. The van der Waals surface area contributed by atoms with E-state index < -0.39 is 0 Å². The van der Waals surface area contributed by atoms with Crippen LogP contribution in [0, 0.1) is 0 Å². The smallest absolute Gasteiger partial charge is 0.0931 e. The average molecular weight is 271 g/mol. The number of nitrogens with one attached hydrogen (secondary N) is 1. The normalized spacial score (nSPS) is 12.1. The summed E-state index contributed by atoms with van der Waals surface area (Å²) >= 11 is 18.5. The van der Waals surface area contributed by atoms with Gasteiger partial charge in [0.25, 0.3) is 0 Å². The molecule has 0 bridgehead atoms. The van der Waals surface area contributed by atoms with Crippen molar-refractivity contribution < 1.29 is 0 Å². The zero-order valence-corrected chi connectivity index (χ0v) is 10.5. The standard InChI is InChI=1S/C9H10Cl3NS/c10-5-7(11)6-13-4-3-8-1-2-9(12)14-8/h1-2,5,13H,3-4,6H2/b7-5+. The third-order valence-electron chi connectivity index (χ3n) is 1.59. The van der Waals surface area contributed by atoms with Crippen molar-refractivity contribution in [2.24, 2.45) is 0 Å². The Bertz CT molecular complexity index is 309. The summed E-state index contributed by atoms with van der Waals surface area (Å²) in [5, 5.41) is 3.79. The maximum absolute atomic E-state index is 5.80. The molecule has 78 valence electrons. The lowest BCUT2D eigenvalue weighted by molar-refractivity contribution is 0.745. The third kappa shape index (κ3) is 4.67. The van der Waals surface area contributed by atoms with Crippen LogP contribution >= 0.6 is 46.1 Å². The Kier molecular flexibility index (Phi) is 5.90.